The van der Waals surface area contributed by atoms with Crippen LogP contribution >= 0.6 is 20.8 Å². The Bertz CT molecular complexity index is 1320. The molecule has 0 unspecified atom stereocenters. The molecule has 4 aromatic carbocycles. The van der Waals surface area contributed by atoms with Gasteiger partial charge in [0.2, 0.25) is 0 Å². The zero-order valence-electron chi connectivity index (χ0n) is 32.5. The number of rotatable bonds is 27. The second-order valence-corrected chi connectivity index (χ2v) is 24.3. The molecule has 2 heteroatoms. The van der Waals surface area contributed by atoms with Gasteiger partial charge in [-0.05, 0) is 0 Å². The number of hydrogen-bond acceptors (Lipinski definition) is 0. The van der Waals surface area contributed by atoms with Crippen molar-refractivity contribution in [3.8, 4) is 0 Å². The molecule has 4 aromatic rings. The van der Waals surface area contributed by atoms with Gasteiger partial charge >= 0.3 is 271 Å². The Balaban J connectivity index is 1.54. The quantitative estimate of drug-likeness (QED) is 0.0419. The van der Waals surface area contributed by atoms with Crippen LogP contribution in [-0.2, 0) is 19.0 Å². The molecule has 0 saturated carbocycles. The summed E-state index contributed by atoms with van der Waals surface area (Å²) in [5.41, 5.74) is 4.56. The fourth-order valence-corrected chi connectivity index (χ4v) is 15.8. The summed E-state index contributed by atoms with van der Waals surface area (Å²) in [5, 5.41) is 1.15. The van der Waals surface area contributed by atoms with E-state index in [9.17, 15) is 0 Å². The fraction of sp³-hybridized carbons (Fsp3) is 0.510. The molecule has 278 valence electrons. The van der Waals surface area contributed by atoms with E-state index in [1.54, 1.807) is 11.1 Å². The molecule has 0 fully saturated rings. The summed E-state index contributed by atoms with van der Waals surface area (Å²) < 4.78 is 0. The maximum absolute atomic E-state index is 4.75. The van der Waals surface area contributed by atoms with Crippen molar-refractivity contribution in [2.45, 2.75) is 161 Å². The van der Waals surface area contributed by atoms with Gasteiger partial charge in [0.1, 0.15) is 0 Å². The first-order chi connectivity index (χ1) is 25.1. The van der Waals surface area contributed by atoms with Gasteiger partial charge in [-0.1, -0.05) is 52.4 Å². The van der Waals surface area contributed by atoms with Gasteiger partial charge in [0.15, 0.2) is 0 Å². The summed E-state index contributed by atoms with van der Waals surface area (Å²) in [4.78, 5) is 0. The van der Waals surface area contributed by atoms with Crippen LogP contribution in [-0.4, -0.2) is 0 Å². The van der Waals surface area contributed by atoms with E-state index in [1.165, 1.54) is 163 Å². The van der Waals surface area contributed by atoms with E-state index in [2.05, 4.69) is 123 Å². The van der Waals surface area contributed by atoms with Gasteiger partial charge in [-0.15, -0.1) is 0 Å². The summed E-state index contributed by atoms with van der Waals surface area (Å²) in [7, 11) is 0. The van der Waals surface area contributed by atoms with Crippen molar-refractivity contribution in [2.75, 3.05) is 0 Å². The van der Waals surface area contributed by atoms with E-state index in [1.807, 2.05) is 0 Å². The van der Waals surface area contributed by atoms with Crippen molar-refractivity contribution in [2.24, 2.45) is 0 Å². The van der Waals surface area contributed by atoms with Gasteiger partial charge in [0.05, 0.1) is 0 Å². The summed E-state index contributed by atoms with van der Waals surface area (Å²) in [5.74, 6) is 0. The third-order valence-electron chi connectivity index (χ3n) is 11.1. The molecule has 0 bridgehead atoms. The van der Waals surface area contributed by atoms with Crippen molar-refractivity contribution in [1.82, 2.24) is 0 Å². The summed E-state index contributed by atoms with van der Waals surface area (Å²) in [6, 6.07) is 41.7. The molecule has 0 heterocycles. The molecule has 0 nitrogen and oxygen atoms in total. The van der Waals surface area contributed by atoms with Gasteiger partial charge in [-0.2, -0.15) is 0 Å². The Morgan fingerprint density at radius 3 is 0.941 bits per heavy atom. The molecule has 0 spiro atoms. The number of hydrogen-bond donors (Lipinski definition) is 0. The maximum atomic E-state index is 4.75. The third kappa shape index (κ3) is 13.0. The van der Waals surface area contributed by atoms with Crippen LogP contribution in [0.3, 0.4) is 0 Å². The molecule has 0 aliphatic heterocycles. The minimum absolute atomic E-state index is 0.973. The Morgan fingerprint density at radius 2 is 0.627 bits per heavy atom. The molecule has 4 rings (SSSR count). The zero-order chi connectivity index (χ0) is 35.9. The van der Waals surface area contributed by atoms with Gasteiger partial charge in [-0.3, -0.25) is 0 Å². The Morgan fingerprint density at radius 1 is 0.353 bits per heavy atom. The first-order valence-electron chi connectivity index (χ1n) is 21.1. The van der Waals surface area contributed by atoms with Crippen molar-refractivity contribution in [1.29, 1.82) is 0 Å². The molecule has 0 aliphatic rings. The van der Waals surface area contributed by atoms with Crippen LogP contribution in [0.25, 0.3) is 0 Å². The summed E-state index contributed by atoms with van der Waals surface area (Å²) in [6.45, 7) is 4.62. The van der Waals surface area contributed by atoms with Crippen LogP contribution in [0.15, 0.2) is 109 Å². The van der Waals surface area contributed by atoms with Crippen LogP contribution in [0.5, 0.6) is 0 Å². The number of halogens is 1. The first kappa shape index (κ1) is 41.5. The number of aryl methyl sites for hydroxylation is 2. The predicted molar refractivity (Wildman–Crippen MR) is 235 cm³/mol. The minimum atomic E-state index is -3.06. The van der Waals surface area contributed by atoms with Crippen LogP contribution in [0, 0.1) is 0 Å². The van der Waals surface area contributed by atoms with Gasteiger partial charge in [0, 0.05) is 0 Å². The van der Waals surface area contributed by atoms with Crippen LogP contribution < -0.4 is 15.9 Å². The van der Waals surface area contributed by atoms with Crippen LogP contribution in [0.1, 0.15) is 159 Å². The molecular formula is C49H70BrP. The van der Waals surface area contributed by atoms with Crippen molar-refractivity contribution in [3.05, 3.63) is 126 Å². The molecule has 0 radical (unpaired) electrons. The molecule has 0 amide bonds. The van der Waals surface area contributed by atoms with Gasteiger partial charge in [-0.25, -0.2) is 0 Å². The monoisotopic (exact) mass is 768 g/mol. The number of benzene rings is 4. The second kappa shape index (κ2) is 23.5. The van der Waals surface area contributed by atoms with Crippen molar-refractivity contribution < 1.29 is 0 Å². The van der Waals surface area contributed by atoms with Crippen molar-refractivity contribution >= 4 is 36.7 Å². The van der Waals surface area contributed by atoms with E-state index >= 15 is 0 Å². The van der Waals surface area contributed by atoms with E-state index in [4.69, 9.17) is 15.5 Å². The standard InChI is InChI=1S/C49H70BrP/c1-3-5-7-9-11-13-15-17-19-24-32-44-40-45(33-25-20-18-16-14-12-10-8-6-4-2)42-46(41-44)43-51(50,47-34-26-21-27-35-47,48-36-28-22-29-37-48)49-38-30-23-31-39-49/h21-23,26-31,34-42H,3-20,24-25,32-33,43H2,1-2H3. The Kier molecular flexibility index (Phi) is 19.1. The number of unbranched alkanes of at least 4 members (excludes halogenated alkanes) is 18. The second-order valence-electron chi connectivity index (χ2n) is 15.4. The van der Waals surface area contributed by atoms with Crippen molar-refractivity contribution in [3.63, 3.8) is 0 Å². The van der Waals surface area contributed by atoms with Crippen LogP contribution in [0.4, 0.5) is 0 Å². The van der Waals surface area contributed by atoms with E-state index in [-0.39, 0.29) is 0 Å². The molecule has 0 aromatic heterocycles. The molecule has 0 atom stereocenters. The normalized spacial score (nSPS) is 12.5. The average Bonchev–Trinajstić information content (AvgIpc) is 3.17. The van der Waals surface area contributed by atoms with Crippen LogP contribution in [0.2, 0.25) is 0 Å². The zero-order valence-corrected chi connectivity index (χ0v) is 35.0. The van der Waals surface area contributed by atoms with E-state index < -0.39 is 5.31 Å². The summed E-state index contributed by atoms with van der Waals surface area (Å²) >= 11 is 4.75. The van der Waals surface area contributed by atoms with Gasteiger partial charge in [0.25, 0.3) is 0 Å². The fourth-order valence-electron chi connectivity index (χ4n) is 8.13. The first-order valence-corrected chi connectivity index (χ1v) is 25.5. The topological polar surface area (TPSA) is 0 Å². The molecule has 0 aliphatic carbocycles. The molecule has 0 saturated heterocycles. The summed E-state index contributed by atoms with van der Waals surface area (Å²) in [6.07, 6.45) is 31.1. The molecule has 0 N–H and O–H groups in total. The predicted octanol–water partition coefficient (Wildman–Crippen LogP) is 15.0. The molecule has 51 heavy (non-hydrogen) atoms. The van der Waals surface area contributed by atoms with Gasteiger partial charge < -0.3 is 0 Å². The third-order valence-corrected chi connectivity index (χ3v) is 20.6. The SMILES string of the molecule is CCCCCCCCCCCCc1cc(CCCCCCCCCCCC)cc(CP(Br)(c2ccccc2)(c2ccccc2)c2ccccc2)c1. The Labute approximate surface area is 322 Å². The Hall–Kier alpha value is -2.21. The van der Waals surface area contributed by atoms with E-state index in [0.717, 1.165) is 6.16 Å². The average molecular weight is 770 g/mol. The van der Waals surface area contributed by atoms with E-state index in [0.29, 0.717) is 0 Å². The molecular weight excluding hydrogens is 699 g/mol.